The lowest BCUT2D eigenvalue weighted by atomic mass is 10.1. The first-order valence-electron chi connectivity index (χ1n) is 8.98. The predicted molar refractivity (Wildman–Crippen MR) is 95.8 cm³/mol. The average Bonchev–Trinajstić information content (AvgIpc) is 3.45. The van der Waals surface area contributed by atoms with Gasteiger partial charge in [0, 0.05) is 37.8 Å². The zero-order chi connectivity index (χ0) is 18.0. The highest BCUT2D eigenvalue weighted by Gasteiger charge is 2.31. The van der Waals surface area contributed by atoms with E-state index in [9.17, 15) is 9.59 Å². The van der Waals surface area contributed by atoms with Crippen molar-refractivity contribution in [2.75, 3.05) is 33.3 Å². The lowest BCUT2D eigenvalue weighted by Crippen LogP contribution is -2.55. The number of carbonyl (C=O) groups is 2. The first-order valence-corrected chi connectivity index (χ1v) is 8.98. The number of hydrogen-bond donors (Lipinski definition) is 1. The summed E-state index contributed by atoms with van der Waals surface area (Å²) in [5.41, 5.74) is 1.66. The zero-order valence-electron chi connectivity index (χ0n) is 15.2. The summed E-state index contributed by atoms with van der Waals surface area (Å²) in [6.07, 6.45) is 2.20. The van der Waals surface area contributed by atoms with Gasteiger partial charge in [0.1, 0.15) is 5.75 Å². The Morgan fingerprint density at radius 3 is 2.48 bits per heavy atom. The Kier molecular flexibility index (Phi) is 5.27. The van der Waals surface area contributed by atoms with Gasteiger partial charge < -0.3 is 15.0 Å². The van der Waals surface area contributed by atoms with Crippen LogP contribution in [0.1, 0.15) is 35.7 Å². The molecule has 1 unspecified atom stereocenters. The van der Waals surface area contributed by atoms with Crippen LogP contribution in [0.15, 0.2) is 18.2 Å². The second-order valence-corrected chi connectivity index (χ2v) is 6.97. The molecule has 0 spiro atoms. The number of amides is 2. The number of methoxy groups -OCH3 is 1. The van der Waals surface area contributed by atoms with Crippen LogP contribution in [-0.2, 0) is 4.79 Å². The lowest BCUT2D eigenvalue weighted by molar-refractivity contribution is -0.126. The Morgan fingerprint density at radius 2 is 1.88 bits per heavy atom. The van der Waals surface area contributed by atoms with Crippen molar-refractivity contribution in [3.63, 3.8) is 0 Å². The van der Waals surface area contributed by atoms with Gasteiger partial charge in [-0.2, -0.15) is 0 Å². The monoisotopic (exact) mass is 345 g/mol. The molecule has 6 heteroatoms. The van der Waals surface area contributed by atoms with Crippen LogP contribution in [0.5, 0.6) is 5.75 Å². The molecule has 1 saturated carbocycles. The van der Waals surface area contributed by atoms with Crippen molar-refractivity contribution in [3.8, 4) is 5.75 Å². The molecule has 0 bridgehead atoms. The molecule has 1 aromatic rings. The first-order chi connectivity index (χ1) is 12.0. The highest BCUT2D eigenvalue weighted by Crippen LogP contribution is 2.21. The molecule has 1 saturated heterocycles. The maximum Gasteiger partial charge on any atom is 0.254 e. The summed E-state index contributed by atoms with van der Waals surface area (Å²) in [6, 6.07) is 5.80. The van der Waals surface area contributed by atoms with E-state index in [4.69, 9.17) is 4.74 Å². The largest absolute Gasteiger partial charge is 0.496 e. The molecule has 0 radical (unpaired) electrons. The van der Waals surface area contributed by atoms with E-state index >= 15 is 0 Å². The molecule has 25 heavy (non-hydrogen) atoms. The van der Waals surface area contributed by atoms with E-state index in [1.165, 1.54) is 0 Å². The molecule has 1 heterocycles. The summed E-state index contributed by atoms with van der Waals surface area (Å²) in [4.78, 5) is 28.9. The van der Waals surface area contributed by atoms with Gasteiger partial charge in [0.15, 0.2) is 0 Å². The topological polar surface area (TPSA) is 61.9 Å². The Bertz CT molecular complexity index is 649. The van der Waals surface area contributed by atoms with E-state index in [-0.39, 0.29) is 17.9 Å². The van der Waals surface area contributed by atoms with Gasteiger partial charge in [-0.05, 0) is 44.4 Å². The summed E-state index contributed by atoms with van der Waals surface area (Å²) in [5.74, 6) is 0.855. The van der Waals surface area contributed by atoms with Gasteiger partial charge in [0.25, 0.3) is 5.91 Å². The number of benzene rings is 1. The van der Waals surface area contributed by atoms with Crippen LogP contribution in [-0.4, -0.2) is 67.0 Å². The van der Waals surface area contributed by atoms with E-state index in [1.54, 1.807) is 13.2 Å². The molecular weight excluding hydrogens is 318 g/mol. The maximum absolute atomic E-state index is 12.7. The Labute approximate surface area is 149 Å². The summed E-state index contributed by atoms with van der Waals surface area (Å²) in [7, 11) is 1.61. The SMILES string of the molecule is COc1cc(C(=O)N2CCN(C(C)C(=O)NC3CC3)CC2)ccc1C. The predicted octanol–water partition coefficient (Wildman–Crippen LogP) is 1.43. The first kappa shape index (κ1) is 17.7. The third kappa shape index (κ3) is 4.12. The van der Waals surface area contributed by atoms with E-state index in [0.717, 1.165) is 24.2 Å². The molecule has 1 aliphatic heterocycles. The highest BCUT2D eigenvalue weighted by atomic mass is 16.5. The smallest absolute Gasteiger partial charge is 0.254 e. The van der Waals surface area contributed by atoms with Gasteiger partial charge in [-0.1, -0.05) is 6.07 Å². The number of nitrogens with one attached hydrogen (secondary N) is 1. The van der Waals surface area contributed by atoms with Crippen molar-refractivity contribution < 1.29 is 14.3 Å². The van der Waals surface area contributed by atoms with Crippen molar-refractivity contribution in [2.45, 2.75) is 38.8 Å². The number of ether oxygens (including phenoxy) is 1. The number of carbonyl (C=O) groups excluding carboxylic acids is 2. The van der Waals surface area contributed by atoms with Gasteiger partial charge in [-0.25, -0.2) is 0 Å². The van der Waals surface area contributed by atoms with E-state index < -0.39 is 0 Å². The molecule has 3 rings (SSSR count). The van der Waals surface area contributed by atoms with Gasteiger partial charge in [-0.15, -0.1) is 0 Å². The van der Waals surface area contributed by atoms with Crippen molar-refractivity contribution in [1.29, 1.82) is 0 Å². The fraction of sp³-hybridized carbons (Fsp3) is 0.579. The molecule has 1 aromatic carbocycles. The van der Waals surface area contributed by atoms with Crippen molar-refractivity contribution >= 4 is 11.8 Å². The normalized spacial score (nSPS) is 19.4. The number of nitrogens with zero attached hydrogens (tertiary/aromatic N) is 2. The van der Waals surface area contributed by atoms with Crippen LogP contribution in [0.3, 0.4) is 0 Å². The molecule has 2 amide bonds. The van der Waals surface area contributed by atoms with Crippen molar-refractivity contribution in [2.24, 2.45) is 0 Å². The van der Waals surface area contributed by atoms with E-state index in [1.807, 2.05) is 30.9 Å². The molecule has 2 aliphatic rings. The minimum Gasteiger partial charge on any atom is -0.496 e. The van der Waals surface area contributed by atoms with Crippen LogP contribution in [0.25, 0.3) is 0 Å². The fourth-order valence-corrected chi connectivity index (χ4v) is 3.16. The molecule has 1 atom stereocenters. The molecule has 0 aromatic heterocycles. The van der Waals surface area contributed by atoms with Gasteiger partial charge >= 0.3 is 0 Å². The number of piperazine rings is 1. The van der Waals surface area contributed by atoms with Gasteiger partial charge in [-0.3, -0.25) is 14.5 Å². The van der Waals surface area contributed by atoms with Gasteiger partial charge in [0.05, 0.1) is 13.2 Å². The minimum atomic E-state index is -0.141. The van der Waals surface area contributed by atoms with Crippen LogP contribution >= 0.6 is 0 Å². The Morgan fingerprint density at radius 1 is 1.20 bits per heavy atom. The standard InChI is InChI=1S/C19H27N3O3/c1-13-4-5-15(12-17(13)25-3)19(24)22-10-8-21(9-11-22)14(2)18(23)20-16-6-7-16/h4-5,12,14,16H,6-11H2,1-3H3,(H,20,23). The number of aryl methyl sites for hydroxylation is 1. The molecule has 1 N–H and O–H groups in total. The minimum absolute atomic E-state index is 0.0213. The van der Waals surface area contributed by atoms with Crippen LogP contribution in [0.2, 0.25) is 0 Å². The second kappa shape index (κ2) is 7.44. The Balaban J connectivity index is 1.56. The average molecular weight is 345 g/mol. The second-order valence-electron chi connectivity index (χ2n) is 6.97. The van der Waals surface area contributed by atoms with Crippen LogP contribution in [0.4, 0.5) is 0 Å². The Hall–Kier alpha value is -2.08. The summed E-state index contributed by atoms with van der Waals surface area (Å²) in [5, 5.41) is 3.05. The van der Waals surface area contributed by atoms with Crippen molar-refractivity contribution in [1.82, 2.24) is 15.1 Å². The highest BCUT2D eigenvalue weighted by molar-refractivity contribution is 5.94. The summed E-state index contributed by atoms with van der Waals surface area (Å²) >= 11 is 0. The maximum atomic E-state index is 12.7. The summed E-state index contributed by atoms with van der Waals surface area (Å²) in [6.45, 7) is 6.61. The lowest BCUT2D eigenvalue weighted by Gasteiger charge is -2.37. The molecule has 6 nitrogen and oxygen atoms in total. The van der Waals surface area contributed by atoms with Crippen LogP contribution < -0.4 is 10.1 Å². The summed E-state index contributed by atoms with van der Waals surface area (Å²) < 4.78 is 5.31. The quantitative estimate of drug-likeness (QED) is 0.877. The molecular formula is C19H27N3O3. The van der Waals surface area contributed by atoms with E-state index in [0.29, 0.717) is 37.8 Å². The molecule has 1 aliphatic carbocycles. The number of rotatable bonds is 5. The fourth-order valence-electron chi connectivity index (χ4n) is 3.16. The van der Waals surface area contributed by atoms with Crippen LogP contribution in [0, 0.1) is 6.92 Å². The van der Waals surface area contributed by atoms with Crippen molar-refractivity contribution in [3.05, 3.63) is 29.3 Å². The molecule has 136 valence electrons. The van der Waals surface area contributed by atoms with E-state index in [2.05, 4.69) is 10.2 Å². The third-order valence-corrected chi connectivity index (χ3v) is 5.11. The number of hydrogen-bond acceptors (Lipinski definition) is 4. The third-order valence-electron chi connectivity index (χ3n) is 5.11. The zero-order valence-corrected chi connectivity index (χ0v) is 15.2. The molecule has 2 fully saturated rings. The van der Waals surface area contributed by atoms with Gasteiger partial charge in [0.2, 0.25) is 5.91 Å².